The summed E-state index contributed by atoms with van der Waals surface area (Å²) in [4.78, 5) is 4.50. The molecule has 1 aromatic carbocycles. The van der Waals surface area contributed by atoms with Gasteiger partial charge in [-0.25, -0.2) is 0 Å². The topological polar surface area (TPSA) is 60.2 Å². The fourth-order valence-electron chi connectivity index (χ4n) is 2.47. The standard InChI is InChI=1S/C15H19N3O2.ClH/c1-19-12-7-5-11(6-8-12)10-14-17-15(20-18-14)13-4-2-3-9-16-13;/h5-8,13,16H,2-4,9-10H2,1H3;1H. The third kappa shape index (κ3) is 3.95. The van der Waals surface area contributed by atoms with E-state index in [0.29, 0.717) is 12.3 Å². The second kappa shape index (κ2) is 7.43. The van der Waals surface area contributed by atoms with Gasteiger partial charge in [-0.05, 0) is 37.1 Å². The average Bonchev–Trinajstić information content (AvgIpc) is 2.97. The molecule has 1 atom stereocenters. The Hall–Kier alpha value is -1.59. The zero-order valence-corrected chi connectivity index (χ0v) is 12.9. The van der Waals surface area contributed by atoms with E-state index in [1.54, 1.807) is 7.11 Å². The number of rotatable bonds is 4. The van der Waals surface area contributed by atoms with Crippen molar-refractivity contribution in [3.63, 3.8) is 0 Å². The smallest absolute Gasteiger partial charge is 0.243 e. The van der Waals surface area contributed by atoms with E-state index < -0.39 is 0 Å². The van der Waals surface area contributed by atoms with Gasteiger partial charge in [0.1, 0.15) is 5.75 Å². The summed E-state index contributed by atoms with van der Waals surface area (Å²) in [7, 11) is 1.66. The van der Waals surface area contributed by atoms with Gasteiger partial charge < -0.3 is 14.6 Å². The molecule has 0 amide bonds. The molecule has 21 heavy (non-hydrogen) atoms. The van der Waals surface area contributed by atoms with Gasteiger partial charge in [-0.1, -0.05) is 23.7 Å². The molecule has 6 heteroatoms. The van der Waals surface area contributed by atoms with Gasteiger partial charge in [0.15, 0.2) is 5.82 Å². The van der Waals surface area contributed by atoms with Crippen LogP contribution in [-0.4, -0.2) is 23.8 Å². The van der Waals surface area contributed by atoms with Crippen LogP contribution in [0.5, 0.6) is 5.75 Å². The second-order valence-corrected chi connectivity index (χ2v) is 5.08. The maximum absolute atomic E-state index is 5.37. The van der Waals surface area contributed by atoms with Crippen LogP contribution in [0, 0.1) is 0 Å². The van der Waals surface area contributed by atoms with Crippen molar-refractivity contribution in [1.82, 2.24) is 15.5 Å². The van der Waals surface area contributed by atoms with Crippen molar-refractivity contribution in [3.05, 3.63) is 41.5 Å². The summed E-state index contributed by atoms with van der Waals surface area (Å²) in [5.41, 5.74) is 1.15. The molecule has 3 rings (SSSR count). The zero-order valence-electron chi connectivity index (χ0n) is 12.0. The first kappa shape index (κ1) is 15.8. The second-order valence-electron chi connectivity index (χ2n) is 5.08. The van der Waals surface area contributed by atoms with E-state index in [2.05, 4.69) is 15.5 Å². The van der Waals surface area contributed by atoms with Crippen LogP contribution < -0.4 is 10.1 Å². The fraction of sp³-hybridized carbons (Fsp3) is 0.467. The zero-order chi connectivity index (χ0) is 13.8. The molecule has 0 radical (unpaired) electrons. The Morgan fingerprint density at radius 3 is 2.76 bits per heavy atom. The summed E-state index contributed by atoms with van der Waals surface area (Å²) in [6.45, 7) is 1.03. The van der Waals surface area contributed by atoms with Gasteiger partial charge >= 0.3 is 0 Å². The van der Waals surface area contributed by atoms with E-state index in [1.165, 1.54) is 12.8 Å². The van der Waals surface area contributed by atoms with Crippen molar-refractivity contribution in [1.29, 1.82) is 0 Å². The summed E-state index contributed by atoms with van der Waals surface area (Å²) in [6, 6.07) is 8.15. The first-order chi connectivity index (χ1) is 9.85. The maximum Gasteiger partial charge on any atom is 0.243 e. The summed E-state index contributed by atoms with van der Waals surface area (Å²) < 4.78 is 10.5. The van der Waals surface area contributed by atoms with Crippen LogP contribution in [0.3, 0.4) is 0 Å². The van der Waals surface area contributed by atoms with Gasteiger partial charge in [-0.15, -0.1) is 12.4 Å². The van der Waals surface area contributed by atoms with Gasteiger partial charge in [0.05, 0.1) is 13.2 Å². The first-order valence-electron chi connectivity index (χ1n) is 7.04. The number of ether oxygens (including phenoxy) is 1. The maximum atomic E-state index is 5.37. The van der Waals surface area contributed by atoms with E-state index in [-0.39, 0.29) is 18.4 Å². The molecule has 114 valence electrons. The van der Waals surface area contributed by atoms with Crippen LogP contribution in [0.1, 0.15) is 42.6 Å². The lowest BCUT2D eigenvalue weighted by atomic mass is 10.1. The Balaban J connectivity index is 0.00000161. The van der Waals surface area contributed by atoms with Crippen LogP contribution in [0.15, 0.2) is 28.8 Å². The molecule has 0 saturated carbocycles. The molecule has 0 aliphatic carbocycles. The molecular formula is C15H20ClN3O2. The Kier molecular flexibility index (Phi) is 5.59. The van der Waals surface area contributed by atoms with E-state index in [4.69, 9.17) is 9.26 Å². The molecule has 1 saturated heterocycles. The average molecular weight is 310 g/mol. The molecule has 1 fully saturated rings. The highest BCUT2D eigenvalue weighted by Gasteiger charge is 2.20. The van der Waals surface area contributed by atoms with Crippen molar-refractivity contribution in [2.75, 3.05) is 13.7 Å². The van der Waals surface area contributed by atoms with Crippen LogP contribution in [0.25, 0.3) is 0 Å². The highest BCUT2D eigenvalue weighted by atomic mass is 35.5. The lowest BCUT2D eigenvalue weighted by molar-refractivity contribution is 0.296. The SMILES string of the molecule is COc1ccc(Cc2noc(C3CCCCN3)n2)cc1.Cl. The van der Waals surface area contributed by atoms with Gasteiger partial charge in [0.2, 0.25) is 5.89 Å². The van der Waals surface area contributed by atoms with Gasteiger partial charge in [0, 0.05) is 6.42 Å². The number of hydrogen-bond acceptors (Lipinski definition) is 5. The third-order valence-electron chi connectivity index (χ3n) is 3.61. The Morgan fingerprint density at radius 2 is 2.10 bits per heavy atom. The molecule has 1 aliphatic rings. The van der Waals surface area contributed by atoms with E-state index in [9.17, 15) is 0 Å². The number of halogens is 1. The predicted octanol–water partition coefficient (Wildman–Crippen LogP) is 2.91. The van der Waals surface area contributed by atoms with Gasteiger partial charge in [0.25, 0.3) is 0 Å². The molecule has 0 bridgehead atoms. The Morgan fingerprint density at radius 1 is 1.29 bits per heavy atom. The normalized spacial score (nSPS) is 18.0. The minimum absolute atomic E-state index is 0. The van der Waals surface area contributed by atoms with E-state index in [0.717, 1.165) is 30.1 Å². The van der Waals surface area contributed by atoms with Crippen molar-refractivity contribution in [2.45, 2.75) is 31.7 Å². The van der Waals surface area contributed by atoms with Crippen molar-refractivity contribution in [2.24, 2.45) is 0 Å². The number of nitrogens with zero attached hydrogens (tertiary/aromatic N) is 2. The molecule has 5 nitrogen and oxygen atoms in total. The fourth-order valence-corrected chi connectivity index (χ4v) is 2.47. The number of nitrogens with one attached hydrogen (secondary N) is 1. The van der Waals surface area contributed by atoms with Crippen molar-refractivity contribution < 1.29 is 9.26 Å². The lowest BCUT2D eigenvalue weighted by Gasteiger charge is -2.19. The molecule has 1 aliphatic heterocycles. The molecule has 1 unspecified atom stereocenters. The predicted molar refractivity (Wildman–Crippen MR) is 81.9 cm³/mol. The van der Waals surface area contributed by atoms with Crippen molar-refractivity contribution in [3.8, 4) is 5.75 Å². The summed E-state index contributed by atoms with van der Waals surface area (Å²) in [6.07, 6.45) is 4.20. The quantitative estimate of drug-likeness (QED) is 0.941. The monoisotopic (exact) mass is 309 g/mol. The Labute approximate surface area is 130 Å². The Bertz CT molecular complexity index is 550. The number of methoxy groups -OCH3 is 1. The van der Waals surface area contributed by atoms with Crippen LogP contribution >= 0.6 is 12.4 Å². The van der Waals surface area contributed by atoms with E-state index in [1.807, 2.05) is 24.3 Å². The molecule has 1 N–H and O–H groups in total. The molecule has 0 spiro atoms. The van der Waals surface area contributed by atoms with E-state index >= 15 is 0 Å². The molecular weight excluding hydrogens is 290 g/mol. The van der Waals surface area contributed by atoms with Crippen molar-refractivity contribution >= 4 is 12.4 Å². The first-order valence-corrected chi connectivity index (χ1v) is 7.04. The van der Waals surface area contributed by atoms with Crippen LogP contribution in [0.2, 0.25) is 0 Å². The highest BCUT2D eigenvalue weighted by molar-refractivity contribution is 5.85. The minimum Gasteiger partial charge on any atom is -0.497 e. The molecule has 2 aromatic rings. The third-order valence-corrected chi connectivity index (χ3v) is 3.61. The summed E-state index contributed by atoms with van der Waals surface area (Å²) in [5.74, 6) is 2.31. The highest BCUT2D eigenvalue weighted by Crippen LogP contribution is 2.22. The van der Waals surface area contributed by atoms with Gasteiger partial charge in [-0.3, -0.25) is 0 Å². The number of benzene rings is 1. The molecule has 2 heterocycles. The number of hydrogen-bond donors (Lipinski definition) is 1. The summed E-state index contributed by atoms with van der Waals surface area (Å²) >= 11 is 0. The number of piperidine rings is 1. The summed E-state index contributed by atoms with van der Waals surface area (Å²) in [5, 5.41) is 7.49. The largest absolute Gasteiger partial charge is 0.497 e. The van der Waals surface area contributed by atoms with Crippen LogP contribution in [0.4, 0.5) is 0 Å². The lowest BCUT2D eigenvalue weighted by Crippen LogP contribution is -2.27. The number of aromatic nitrogens is 2. The van der Waals surface area contributed by atoms with Crippen LogP contribution in [-0.2, 0) is 6.42 Å². The minimum atomic E-state index is 0. The van der Waals surface area contributed by atoms with Gasteiger partial charge in [-0.2, -0.15) is 4.98 Å². The molecule has 1 aromatic heterocycles.